The average molecular weight is 621 g/mol. The minimum Gasteiger partial charge on any atom is -0.463 e. The van der Waals surface area contributed by atoms with E-state index in [0.29, 0.717) is 32.1 Å². The molecule has 5 rings (SSSR count). The molecule has 2 aromatic heterocycles. The van der Waals surface area contributed by atoms with E-state index in [9.17, 15) is 9.59 Å². The summed E-state index contributed by atoms with van der Waals surface area (Å²) in [6, 6.07) is 18.8. The summed E-state index contributed by atoms with van der Waals surface area (Å²) in [5.74, 6) is 0.582. The van der Waals surface area contributed by atoms with Crippen LogP contribution in [-0.4, -0.2) is 30.2 Å². The average Bonchev–Trinajstić information content (AvgIpc) is 3.55. The molecule has 0 bridgehead atoms. The number of hydrogen-bond acceptors (Lipinski definition) is 7. The van der Waals surface area contributed by atoms with Gasteiger partial charge in [0.15, 0.2) is 4.80 Å². The third kappa shape index (κ3) is 5.36. The van der Waals surface area contributed by atoms with Crippen molar-refractivity contribution in [1.29, 1.82) is 0 Å². The molecule has 9 heteroatoms. The van der Waals surface area contributed by atoms with Gasteiger partial charge < -0.3 is 14.1 Å². The SMILES string of the molecule is CCOC(=O)C1=C(C)N=c2s/c(=C\c3ccc(N(CC)CC)cc3)c(=O)n2[C@H]1c1ccc(-c2ccc(Br)cc2)o1. The number of esters is 1. The Morgan fingerprint density at radius 3 is 2.42 bits per heavy atom. The number of furan rings is 1. The Morgan fingerprint density at radius 1 is 1.07 bits per heavy atom. The van der Waals surface area contributed by atoms with Gasteiger partial charge in [-0.15, -0.1) is 0 Å². The van der Waals surface area contributed by atoms with E-state index >= 15 is 0 Å². The second-order valence-electron chi connectivity index (χ2n) is 9.28. The second kappa shape index (κ2) is 11.8. The minimum absolute atomic E-state index is 0.207. The maximum absolute atomic E-state index is 13.9. The molecule has 40 heavy (non-hydrogen) atoms. The highest BCUT2D eigenvalue weighted by atomic mass is 79.9. The summed E-state index contributed by atoms with van der Waals surface area (Å²) in [6.07, 6.45) is 1.87. The van der Waals surface area contributed by atoms with Crippen molar-refractivity contribution in [1.82, 2.24) is 4.57 Å². The number of halogens is 1. The molecule has 0 fully saturated rings. The molecule has 0 amide bonds. The predicted octanol–water partition coefficient (Wildman–Crippen LogP) is 5.67. The number of carbonyl (C=O) groups is 1. The Hall–Kier alpha value is -3.69. The van der Waals surface area contributed by atoms with Gasteiger partial charge in [-0.2, -0.15) is 0 Å². The molecule has 2 aromatic carbocycles. The number of ether oxygens (including phenoxy) is 1. The predicted molar refractivity (Wildman–Crippen MR) is 162 cm³/mol. The number of anilines is 1. The van der Waals surface area contributed by atoms with E-state index in [-0.39, 0.29) is 12.2 Å². The third-order valence-electron chi connectivity index (χ3n) is 6.86. The van der Waals surface area contributed by atoms with E-state index in [1.807, 2.05) is 54.6 Å². The normalized spacial score (nSPS) is 15.1. The first-order valence-electron chi connectivity index (χ1n) is 13.2. The van der Waals surface area contributed by atoms with Crippen molar-refractivity contribution in [3.8, 4) is 11.3 Å². The van der Waals surface area contributed by atoms with Crippen LogP contribution >= 0.6 is 27.3 Å². The number of benzene rings is 2. The van der Waals surface area contributed by atoms with Crippen LogP contribution in [-0.2, 0) is 9.53 Å². The van der Waals surface area contributed by atoms with Gasteiger partial charge in [0.25, 0.3) is 5.56 Å². The Balaban J connectivity index is 1.62. The lowest BCUT2D eigenvalue weighted by atomic mass is 10.0. The Kier molecular flexibility index (Phi) is 8.23. The Labute approximate surface area is 244 Å². The van der Waals surface area contributed by atoms with Crippen LogP contribution in [0.15, 0.2) is 90.6 Å². The van der Waals surface area contributed by atoms with E-state index < -0.39 is 12.0 Å². The maximum atomic E-state index is 13.9. The van der Waals surface area contributed by atoms with Crippen molar-refractivity contribution in [2.45, 2.75) is 33.7 Å². The lowest BCUT2D eigenvalue weighted by Crippen LogP contribution is -2.39. The topological polar surface area (TPSA) is 77.0 Å². The van der Waals surface area contributed by atoms with Gasteiger partial charge in [-0.25, -0.2) is 9.79 Å². The fourth-order valence-corrected chi connectivity index (χ4v) is 6.16. The third-order valence-corrected chi connectivity index (χ3v) is 8.37. The van der Waals surface area contributed by atoms with Crippen molar-refractivity contribution < 1.29 is 13.9 Å². The lowest BCUT2D eigenvalue weighted by Gasteiger charge is -2.22. The van der Waals surface area contributed by atoms with E-state index in [4.69, 9.17) is 9.15 Å². The fraction of sp³-hybridized carbons (Fsp3) is 0.258. The Morgan fingerprint density at radius 2 is 1.77 bits per heavy atom. The molecule has 4 aromatic rings. The Bertz CT molecular complexity index is 1740. The molecule has 206 valence electrons. The van der Waals surface area contributed by atoms with Crippen LogP contribution in [0.2, 0.25) is 0 Å². The summed E-state index contributed by atoms with van der Waals surface area (Å²) >= 11 is 4.75. The highest BCUT2D eigenvalue weighted by molar-refractivity contribution is 9.10. The van der Waals surface area contributed by atoms with Gasteiger partial charge in [-0.05, 0) is 75.7 Å². The van der Waals surface area contributed by atoms with E-state index in [0.717, 1.165) is 34.4 Å². The molecule has 0 spiro atoms. The zero-order valence-corrected chi connectivity index (χ0v) is 25.2. The number of rotatable bonds is 8. The summed E-state index contributed by atoms with van der Waals surface area (Å²) in [4.78, 5) is 34.4. The van der Waals surface area contributed by atoms with Crippen molar-refractivity contribution >= 4 is 45.0 Å². The van der Waals surface area contributed by atoms with Crippen molar-refractivity contribution in [3.63, 3.8) is 0 Å². The largest absolute Gasteiger partial charge is 0.463 e. The van der Waals surface area contributed by atoms with Gasteiger partial charge in [0, 0.05) is 28.8 Å². The van der Waals surface area contributed by atoms with Gasteiger partial charge in [-0.1, -0.05) is 51.5 Å². The summed E-state index contributed by atoms with van der Waals surface area (Å²) < 4.78 is 14.7. The summed E-state index contributed by atoms with van der Waals surface area (Å²) in [7, 11) is 0. The quantitative estimate of drug-likeness (QED) is 0.238. The highest BCUT2D eigenvalue weighted by Crippen LogP contribution is 2.34. The van der Waals surface area contributed by atoms with Crippen LogP contribution in [0.25, 0.3) is 17.4 Å². The maximum Gasteiger partial charge on any atom is 0.338 e. The van der Waals surface area contributed by atoms with Crippen LogP contribution in [0.4, 0.5) is 5.69 Å². The first-order chi connectivity index (χ1) is 19.3. The van der Waals surface area contributed by atoms with Crippen LogP contribution in [0.5, 0.6) is 0 Å². The molecular formula is C31H30BrN3O4S. The first kappa shape index (κ1) is 27.9. The second-order valence-corrected chi connectivity index (χ2v) is 11.2. The van der Waals surface area contributed by atoms with Gasteiger partial charge >= 0.3 is 5.97 Å². The molecule has 0 radical (unpaired) electrons. The standard InChI is InChI=1S/C31H30BrN3O4S/c1-5-34(6-2)23-14-8-20(9-15-23)18-26-29(36)35-28(27(30(37)38-7-3)19(4)33-31(35)40-26)25-17-16-24(39-25)21-10-12-22(32)13-11-21/h8-18,28H,5-7H2,1-4H3/b26-18-/t28-/m0/s1. The van der Waals surface area contributed by atoms with Crippen LogP contribution in [0, 0.1) is 0 Å². The zero-order valence-electron chi connectivity index (χ0n) is 22.8. The molecule has 1 atom stereocenters. The van der Waals surface area contributed by atoms with Gasteiger partial charge in [-0.3, -0.25) is 9.36 Å². The highest BCUT2D eigenvalue weighted by Gasteiger charge is 2.35. The molecule has 0 unspecified atom stereocenters. The number of thiazole rings is 1. The number of nitrogens with zero attached hydrogens (tertiary/aromatic N) is 3. The van der Waals surface area contributed by atoms with Gasteiger partial charge in [0.05, 0.1) is 22.4 Å². The molecule has 7 nitrogen and oxygen atoms in total. The molecule has 0 saturated carbocycles. The van der Waals surface area contributed by atoms with Crippen molar-refractivity contribution in [2.75, 3.05) is 24.6 Å². The van der Waals surface area contributed by atoms with Crippen LogP contribution < -0.4 is 19.8 Å². The summed E-state index contributed by atoms with van der Waals surface area (Å²) in [6.45, 7) is 9.82. The zero-order chi connectivity index (χ0) is 28.4. The van der Waals surface area contributed by atoms with Crippen molar-refractivity contribution in [3.05, 3.63) is 107 Å². The number of aromatic nitrogens is 1. The minimum atomic E-state index is -0.799. The smallest absolute Gasteiger partial charge is 0.338 e. The monoisotopic (exact) mass is 619 g/mol. The molecular weight excluding hydrogens is 590 g/mol. The summed E-state index contributed by atoms with van der Waals surface area (Å²) in [5, 5.41) is 0. The molecule has 1 aliphatic rings. The van der Waals surface area contributed by atoms with E-state index in [1.54, 1.807) is 18.4 Å². The molecule has 3 heterocycles. The van der Waals surface area contributed by atoms with Gasteiger partial charge in [0.2, 0.25) is 0 Å². The first-order valence-corrected chi connectivity index (χ1v) is 14.9. The fourth-order valence-electron chi connectivity index (χ4n) is 4.85. The number of allylic oxidation sites excluding steroid dienone is 1. The molecule has 0 saturated heterocycles. The number of hydrogen-bond donors (Lipinski definition) is 0. The van der Waals surface area contributed by atoms with Crippen LogP contribution in [0.3, 0.4) is 0 Å². The molecule has 0 aliphatic carbocycles. The van der Waals surface area contributed by atoms with Crippen LogP contribution in [0.1, 0.15) is 45.1 Å². The van der Waals surface area contributed by atoms with Gasteiger partial charge in [0.1, 0.15) is 17.6 Å². The lowest BCUT2D eigenvalue weighted by molar-refractivity contribution is -0.139. The molecule has 1 aliphatic heterocycles. The van der Waals surface area contributed by atoms with Crippen molar-refractivity contribution in [2.24, 2.45) is 4.99 Å². The van der Waals surface area contributed by atoms with E-state index in [1.165, 1.54) is 11.3 Å². The number of carbonyl (C=O) groups excluding carboxylic acids is 1. The molecule has 0 N–H and O–H groups in total. The van der Waals surface area contributed by atoms with E-state index in [2.05, 4.69) is 51.8 Å². The number of fused-ring (bicyclic) bond motifs is 1. The summed E-state index contributed by atoms with van der Waals surface area (Å²) in [5.41, 5.74) is 3.49.